The second-order valence-corrected chi connectivity index (χ2v) is 5.81. The van der Waals surface area contributed by atoms with E-state index in [0.717, 1.165) is 25.1 Å². The van der Waals surface area contributed by atoms with Crippen LogP contribution in [0.15, 0.2) is 6.07 Å². The lowest BCUT2D eigenvalue weighted by atomic mass is 10.1. The quantitative estimate of drug-likeness (QED) is 0.797. The summed E-state index contributed by atoms with van der Waals surface area (Å²) in [6, 6.07) is 1.92. The lowest BCUT2D eigenvalue weighted by molar-refractivity contribution is -0.136. The predicted octanol–water partition coefficient (Wildman–Crippen LogP) is 0.150. The molecule has 22 heavy (non-hydrogen) atoms. The molecule has 7 heteroatoms. The van der Waals surface area contributed by atoms with Crippen LogP contribution in [0.25, 0.3) is 0 Å². The third-order valence-electron chi connectivity index (χ3n) is 4.32. The number of carbonyl (C=O) groups excluding carboxylic acids is 2. The number of ether oxygens (including phenoxy) is 1. The maximum Gasteiger partial charge on any atom is 0.274 e. The number of amides is 2. The van der Waals surface area contributed by atoms with Gasteiger partial charge in [0.25, 0.3) is 5.91 Å². The Bertz CT molecular complexity index is 538. The van der Waals surface area contributed by atoms with Gasteiger partial charge in [-0.05, 0) is 25.3 Å². The Morgan fingerprint density at radius 1 is 1.14 bits per heavy atom. The molecule has 120 valence electrons. The molecule has 3 rings (SSSR count). The molecule has 3 heterocycles. The van der Waals surface area contributed by atoms with Crippen molar-refractivity contribution in [3.05, 3.63) is 17.5 Å². The Morgan fingerprint density at radius 2 is 1.86 bits per heavy atom. The van der Waals surface area contributed by atoms with Crippen LogP contribution >= 0.6 is 0 Å². The summed E-state index contributed by atoms with van der Waals surface area (Å²) in [6.07, 6.45) is 3.29. The molecule has 0 spiro atoms. The summed E-state index contributed by atoms with van der Waals surface area (Å²) in [5, 5.41) is 4.43. The average molecular weight is 306 g/mol. The summed E-state index contributed by atoms with van der Waals surface area (Å²) in [5.41, 5.74) is 1.69. The van der Waals surface area contributed by atoms with Crippen molar-refractivity contribution < 1.29 is 14.3 Å². The highest BCUT2D eigenvalue weighted by atomic mass is 16.5. The van der Waals surface area contributed by atoms with Crippen LogP contribution in [0.4, 0.5) is 0 Å². The van der Waals surface area contributed by atoms with Crippen LogP contribution in [0.2, 0.25) is 0 Å². The summed E-state index contributed by atoms with van der Waals surface area (Å²) in [4.78, 5) is 27.8. The highest BCUT2D eigenvalue weighted by molar-refractivity contribution is 5.92. The minimum Gasteiger partial charge on any atom is -0.375 e. The monoisotopic (exact) mass is 306 g/mol. The molecule has 0 unspecified atom stereocenters. The topological polar surface area (TPSA) is 67.7 Å². The first-order chi connectivity index (χ1) is 10.7. The van der Waals surface area contributed by atoms with E-state index < -0.39 is 0 Å². The first-order valence-electron chi connectivity index (χ1n) is 7.82. The van der Waals surface area contributed by atoms with Gasteiger partial charge in [0.15, 0.2) is 5.69 Å². The van der Waals surface area contributed by atoms with Crippen LogP contribution in [0, 0.1) is 0 Å². The number of hydrogen-bond acceptors (Lipinski definition) is 4. The largest absolute Gasteiger partial charge is 0.375 e. The van der Waals surface area contributed by atoms with Crippen molar-refractivity contribution in [2.45, 2.75) is 25.8 Å². The van der Waals surface area contributed by atoms with Crippen molar-refractivity contribution in [3.8, 4) is 0 Å². The second-order valence-electron chi connectivity index (χ2n) is 5.81. The van der Waals surface area contributed by atoms with Gasteiger partial charge in [-0.2, -0.15) is 5.10 Å². The summed E-state index contributed by atoms with van der Waals surface area (Å²) >= 11 is 0. The van der Waals surface area contributed by atoms with E-state index in [4.69, 9.17) is 4.74 Å². The lowest BCUT2D eigenvalue weighted by Crippen LogP contribution is -2.51. The Kier molecular flexibility index (Phi) is 4.42. The Morgan fingerprint density at radius 3 is 2.55 bits per heavy atom. The molecule has 2 aliphatic rings. The summed E-state index contributed by atoms with van der Waals surface area (Å²) < 4.78 is 6.82. The third kappa shape index (κ3) is 2.99. The highest BCUT2D eigenvalue weighted by Gasteiger charge is 2.27. The summed E-state index contributed by atoms with van der Waals surface area (Å²) in [7, 11) is 1.51. The van der Waals surface area contributed by atoms with Gasteiger partial charge in [0, 0.05) is 45.5 Å². The van der Waals surface area contributed by atoms with Crippen LogP contribution < -0.4 is 0 Å². The maximum atomic E-state index is 12.5. The third-order valence-corrected chi connectivity index (χ3v) is 4.32. The number of hydrogen-bond donors (Lipinski definition) is 0. The maximum absolute atomic E-state index is 12.5. The highest BCUT2D eigenvalue weighted by Crippen LogP contribution is 2.17. The van der Waals surface area contributed by atoms with Crippen molar-refractivity contribution in [1.29, 1.82) is 0 Å². The molecule has 1 fully saturated rings. The minimum atomic E-state index is -0.0271. The number of carbonyl (C=O) groups is 2. The van der Waals surface area contributed by atoms with E-state index >= 15 is 0 Å². The van der Waals surface area contributed by atoms with Crippen LogP contribution in [-0.2, 0) is 22.5 Å². The Balaban J connectivity index is 1.60. The standard InChI is InChI=1S/C15H22N4O3/c1-22-11-14(20)17-6-8-18(9-7-17)15(21)13-10-12-4-2-3-5-19(12)16-13/h10H,2-9,11H2,1H3. The second kappa shape index (κ2) is 6.48. The van der Waals surface area contributed by atoms with Gasteiger partial charge in [-0.25, -0.2) is 0 Å². The number of rotatable bonds is 3. The molecular formula is C15H22N4O3. The Labute approximate surface area is 129 Å². The van der Waals surface area contributed by atoms with E-state index in [-0.39, 0.29) is 18.4 Å². The van der Waals surface area contributed by atoms with Crippen molar-refractivity contribution in [3.63, 3.8) is 0 Å². The molecule has 0 aliphatic carbocycles. The predicted molar refractivity (Wildman–Crippen MR) is 79.5 cm³/mol. The molecule has 1 aromatic rings. The molecule has 0 radical (unpaired) electrons. The summed E-state index contributed by atoms with van der Waals surface area (Å²) in [5.74, 6) is -0.0483. The van der Waals surface area contributed by atoms with Gasteiger partial charge in [-0.1, -0.05) is 0 Å². The fraction of sp³-hybridized carbons (Fsp3) is 0.667. The van der Waals surface area contributed by atoms with Crippen molar-refractivity contribution in [2.75, 3.05) is 39.9 Å². The first kappa shape index (κ1) is 15.0. The number of piperazine rings is 1. The zero-order valence-electron chi connectivity index (χ0n) is 13.0. The van der Waals surface area contributed by atoms with Gasteiger partial charge < -0.3 is 14.5 Å². The number of fused-ring (bicyclic) bond motifs is 1. The zero-order chi connectivity index (χ0) is 15.5. The fourth-order valence-electron chi connectivity index (χ4n) is 3.06. The van der Waals surface area contributed by atoms with Crippen molar-refractivity contribution >= 4 is 11.8 Å². The summed E-state index contributed by atoms with van der Waals surface area (Å²) in [6.45, 7) is 3.22. The number of methoxy groups -OCH3 is 1. The molecule has 0 bridgehead atoms. The van der Waals surface area contributed by atoms with E-state index in [1.54, 1.807) is 9.80 Å². The van der Waals surface area contributed by atoms with Gasteiger partial charge in [-0.3, -0.25) is 14.3 Å². The first-order valence-corrected chi connectivity index (χ1v) is 7.82. The molecule has 0 aromatic carbocycles. The smallest absolute Gasteiger partial charge is 0.274 e. The van der Waals surface area contributed by atoms with Crippen LogP contribution in [0.5, 0.6) is 0 Å². The van der Waals surface area contributed by atoms with Crippen molar-refractivity contribution in [1.82, 2.24) is 19.6 Å². The zero-order valence-corrected chi connectivity index (χ0v) is 13.0. The Hall–Kier alpha value is -1.89. The van der Waals surface area contributed by atoms with E-state index in [9.17, 15) is 9.59 Å². The van der Waals surface area contributed by atoms with Gasteiger partial charge in [0.05, 0.1) is 0 Å². The van der Waals surface area contributed by atoms with Crippen LogP contribution in [0.1, 0.15) is 29.0 Å². The number of aromatic nitrogens is 2. The molecule has 2 amide bonds. The van der Waals surface area contributed by atoms with Crippen molar-refractivity contribution in [2.24, 2.45) is 0 Å². The average Bonchev–Trinajstić information content (AvgIpc) is 2.98. The van der Waals surface area contributed by atoms with Crippen LogP contribution in [0.3, 0.4) is 0 Å². The number of nitrogens with zero attached hydrogens (tertiary/aromatic N) is 4. The van der Waals surface area contributed by atoms with E-state index in [0.29, 0.717) is 31.9 Å². The molecule has 0 saturated carbocycles. The molecule has 1 aromatic heterocycles. The molecule has 2 aliphatic heterocycles. The van der Waals surface area contributed by atoms with Crippen LogP contribution in [-0.4, -0.2) is 71.3 Å². The molecule has 0 N–H and O–H groups in total. The molecule has 7 nitrogen and oxygen atoms in total. The number of aryl methyl sites for hydroxylation is 2. The van der Waals surface area contributed by atoms with E-state index in [2.05, 4.69) is 5.10 Å². The lowest BCUT2D eigenvalue weighted by Gasteiger charge is -2.34. The van der Waals surface area contributed by atoms with Gasteiger partial charge in [0.1, 0.15) is 6.61 Å². The van der Waals surface area contributed by atoms with E-state index in [1.165, 1.54) is 13.5 Å². The minimum absolute atomic E-state index is 0.0212. The van der Waals surface area contributed by atoms with Gasteiger partial charge in [-0.15, -0.1) is 0 Å². The van der Waals surface area contributed by atoms with Gasteiger partial charge >= 0.3 is 0 Å². The molecular weight excluding hydrogens is 284 g/mol. The van der Waals surface area contributed by atoms with E-state index in [1.807, 2.05) is 10.7 Å². The molecule has 1 saturated heterocycles. The van der Waals surface area contributed by atoms with Gasteiger partial charge in [0.2, 0.25) is 5.91 Å². The fourth-order valence-corrected chi connectivity index (χ4v) is 3.06. The SMILES string of the molecule is COCC(=O)N1CCN(C(=O)c2cc3n(n2)CCCC3)CC1. The molecule has 0 atom stereocenters. The normalized spacial score (nSPS) is 18.2.